The van der Waals surface area contributed by atoms with Crippen LogP contribution in [0.5, 0.6) is 0 Å². The van der Waals surface area contributed by atoms with E-state index in [0.29, 0.717) is 54.8 Å². The number of ether oxygens (including phenoxy) is 1. The van der Waals surface area contributed by atoms with Gasteiger partial charge in [0.25, 0.3) is 5.91 Å². The maximum atomic E-state index is 14.9. The first-order chi connectivity index (χ1) is 27.2. The fourth-order valence-electron chi connectivity index (χ4n) is 8.40. The maximum absolute atomic E-state index is 14.9. The standard InChI is InChI=1S/C44H43Cl3N6O3/c1-27(33-16-14-30(45)24-35(33)47)53-26-48-40(28-9-5-3-6-10-28)42(53)39-34-17-15-31(46)25-36(34)49-41(39)43(54)50-37-23-29(44(55)56-2)13-18-38(37)52-21-19-51(20-22-52)32-11-7-4-8-12-32/h3,5-6,9-10,13-18,23-27,32,49H,4,7-8,11-12,19-22H2,1-2H3,(H,50,54). The van der Waals surface area contributed by atoms with Gasteiger partial charge in [-0.1, -0.05) is 96.5 Å². The molecule has 1 amide bonds. The Morgan fingerprint density at radius 2 is 1.61 bits per heavy atom. The van der Waals surface area contributed by atoms with Crippen LogP contribution < -0.4 is 10.2 Å². The lowest BCUT2D eigenvalue weighted by Gasteiger charge is -2.42. The highest BCUT2D eigenvalue weighted by atomic mass is 35.5. The predicted octanol–water partition coefficient (Wildman–Crippen LogP) is 10.8. The summed E-state index contributed by atoms with van der Waals surface area (Å²) in [5.74, 6) is -0.873. The molecule has 56 heavy (non-hydrogen) atoms. The Balaban J connectivity index is 1.23. The molecule has 9 nitrogen and oxygen atoms in total. The number of amides is 1. The number of hydrogen-bond acceptors (Lipinski definition) is 6. The van der Waals surface area contributed by atoms with E-state index in [1.807, 2.05) is 78.2 Å². The number of imidazole rings is 1. The molecule has 3 heterocycles. The van der Waals surface area contributed by atoms with Crippen LogP contribution in [0.1, 0.15) is 71.5 Å². The molecule has 4 aromatic carbocycles. The summed E-state index contributed by atoms with van der Waals surface area (Å²) >= 11 is 19.6. The van der Waals surface area contributed by atoms with Crippen molar-refractivity contribution in [2.24, 2.45) is 0 Å². The smallest absolute Gasteiger partial charge is 0.337 e. The summed E-state index contributed by atoms with van der Waals surface area (Å²) in [6, 6.07) is 26.6. The van der Waals surface area contributed by atoms with Crippen molar-refractivity contribution in [2.45, 2.75) is 51.1 Å². The molecule has 0 bridgehead atoms. The molecule has 2 fully saturated rings. The second-order valence-corrected chi connectivity index (χ2v) is 15.9. The number of aromatic amines is 1. The van der Waals surface area contributed by atoms with E-state index in [-0.39, 0.29) is 11.9 Å². The lowest BCUT2D eigenvalue weighted by Crippen LogP contribution is -2.51. The van der Waals surface area contributed by atoms with Crippen molar-refractivity contribution < 1.29 is 14.3 Å². The summed E-state index contributed by atoms with van der Waals surface area (Å²) in [5.41, 5.74) is 6.48. The van der Waals surface area contributed by atoms with E-state index in [4.69, 9.17) is 44.5 Å². The van der Waals surface area contributed by atoms with Gasteiger partial charge in [-0.15, -0.1) is 0 Å². The number of hydrogen-bond donors (Lipinski definition) is 2. The fourth-order valence-corrected chi connectivity index (χ4v) is 9.14. The number of carbonyl (C=O) groups excluding carboxylic acids is 2. The number of aromatic nitrogens is 3. The summed E-state index contributed by atoms with van der Waals surface area (Å²) in [6.45, 7) is 5.52. The largest absolute Gasteiger partial charge is 0.465 e. The number of carbonyl (C=O) groups is 2. The van der Waals surface area contributed by atoms with Crippen molar-refractivity contribution in [1.29, 1.82) is 0 Å². The maximum Gasteiger partial charge on any atom is 0.337 e. The molecule has 1 saturated carbocycles. The Morgan fingerprint density at radius 1 is 0.875 bits per heavy atom. The molecule has 1 unspecified atom stereocenters. The quantitative estimate of drug-likeness (QED) is 0.141. The van der Waals surface area contributed by atoms with Crippen molar-refractivity contribution in [3.05, 3.63) is 123 Å². The SMILES string of the molecule is COC(=O)c1ccc(N2CCN(C3CCCCC3)CC2)c(NC(=O)c2[nH]c3cc(Cl)ccc3c2-c2c(-c3ccccc3)ncn2C(C)c2ccc(Cl)cc2Cl)c1. The minimum atomic E-state index is -0.485. The number of halogens is 3. The predicted molar refractivity (Wildman–Crippen MR) is 227 cm³/mol. The highest BCUT2D eigenvalue weighted by Crippen LogP contribution is 2.43. The van der Waals surface area contributed by atoms with Crippen LogP contribution in [0, 0.1) is 0 Å². The number of H-pyrrole nitrogens is 1. The molecular weight excluding hydrogens is 767 g/mol. The second-order valence-electron chi connectivity index (χ2n) is 14.6. The van der Waals surface area contributed by atoms with E-state index in [1.165, 1.54) is 39.2 Å². The lowest BCUT2D eigenvalue weighted by atomic mass is 9.94. The van der Waals surface area contributed by atoms with Crippen LogP contribution in [-0.4, -0.2) is 70.6 Å². The molecule has 1 saturated heterocycles. The average molecular weight is 810 g/mol. The molecule has 0 spiro atoms. The lowest BCUT2D eigenvalue weighted by molar-refractivity contribution is 0.0600. The van der Waals surface area contributed by atoms with Gasteiger partial charge in [-0.25, -0.2) is 9.78 Å². The Morgan fingerprint density at radius 3 is 2.34 bits per heavy atom. The summed E-state index contributed by atoms with van der Waals surface area (Å²) < 4.78 is 7.13. The molecular formula is C44H43Cl3N6O3. The number of anilines is 2. The number of esters is 1. The molecule has 1 aliphatic carbocycles. The molecule has 2 aliphatic rings. The summed E-state index contributed by atoms with van der Waals surface area (Å²) in [5, 5.41) is 5.59. The summed E-state index contributed by atoms with van der Waals surface area (Å²) in [6.07, 6.45) is 8.20. The molecule has 12 heteroatoms. The van der Waals surface area contributed by atoms with Crippen molar-refractivity contribution in [1.82, 2.24) is 19.4 Å². The van der Waals surface area contributed by atoms with Gasteiger partial charge in [0.1, 0.15) is 5.69 Å². The number of nitrogens with one attached hydrogen (secondary N) is 2. The fraction of sp³-hybridized carbons (Fsp3) is 0.295. The number of piperazine rings is 1. The van der Waals surface area contributed by atoms with Gasteiger partial charge in [0.15, 0.2) is 0 Å². The average Bonchev–Trinajstić information content (AvgIpc) is 3.82. The van der Waals surface area contributed by atoms with Crippen molar-refractivity contribution in [2.75, 3.05) is 43.5 Å². The Bertz CT molecular complexity index is 2400. The van der Waals surface area contributed by atoms with E-state index in [0.717, 1.165) is 54.1 Å². The van der Waals surface area contributed by atoms with Crippen molar-refractivity contribution in [3.8, 4) is 22.5 Å². The first-order valence-electron chi connectivity index (χ1n) is 19.1. The molecule has 288 valence electrons. The second kappa shape index (κ2) is 16.4. The van der Waals surface area contributed by atoms with Crippen LogP contribution in [0.15, 0.2) is 91.3 Å². The Kier molecular flexibility index (Phi) is 11.1. The van der Waals surface area contributed by atoms with Crippen molar-refractivity contribution >= 4 is 69.0 Å². The van der Waals surface area contributed by atoms with Crippen molar-refractivity contribution in [3.63, 3.8) is 0 Å². The van der Waals surface area contributed by atoms with Crippen LogP contribution in [0.3, 0.4) is 0 Å². The van der Waals surface area contributed by atoms with Gasteiger partial charge in [-0.2, -0.15) is 0 Å². The van der Waals surface area contributed by atoms with Gasteiger partial charge in [-0.3, -0.25) is 9.69 Å². The third kappa shape index (κ3) is 7.53. The molecule has 1 aliphatic heterocycles. The summed E-state index contributed by atoms with van der Waals surface area (Å²) in [4.78, 5) is 41.0. The van der Waals surface area contributed by atoms with Gasteiger partial charge in [0.2, 0.25) is 0 Å². The Labute approximate surface area is 341 Å². The minimum Gasteiger partial charge on any atom is -0.465 e. The van der Waals surface area contributed by atoms with Crippen LogP contribution >= 0.6 is 34.8 Å². The zero-order chi connectivity index (χ0) is 38.9. The number of nitrogens with zero attached hydrogens (tertiary/aromatic N) is 4. The zero-order valence-electron chi connectivity index (χ0n) is 31.3. The minimum absolute atomic E-state index is 0.302. The third-order valence-electron chi connectivity index (χ3n) is 11.3. The van der Waals surface area contributed by atoms with Crippen LogP contribution in [-0.2, 0) is 4.74 Å². The van der Waals surface area contributed by atoms with Gasteiger partial charge in [0, 0.05) is 69.3 Å². The normalized spacial score (nSPS) is 15.9. The van der Waals surface area contributed by atoms with E-state index in [2.05, 4.69) is 20.1 Å². The van der Waals surface area contributed by atoms with Gasteiger partial charge in [0.05, 0.1) is 47.8 Å². The zero-order valence-corrected chi connectivity index (χ0v) is 33.6. The van der Waals surface area contributed by atoms with E-state index in [1.54, 1.807) is 24.5 Å². The van der Waals surface area contributed by atoms with E-state index in [9.17, 15) is 9.59 Å². The molecule has 2 N–H and O–H groups in total. The first-order valence-corrected chi connectivity index (χ1v) is 20.2. The highest BCUT2D eigenvalue weighted by Gasteiger charge is 2.30. The van der Waals surface area contributed by atoms with Gasteiger partial charge < -0.3 is 24.5 Å². The molecule has 1 atom stereocenters. The number of rotatable bonds is 9. The highest BCUT2D eigenvalue weighted by molar-refractivity contribution is 6.35. The first kappa shape index (κ1) is 38.1. The molecule has 8 rings (SSSR count). The topological polar surface area (TPSA) is 95.5 Å². The molecule has 6 aromatic rings. The van der Waals surface area contributed by atoms with E-state index < -0.39 is 5.97 Å². The monoisotopic (exact) mass is 808 g/mol. The number of benzene rings is 4. The van der Waals surface area contributed by atoms with Crippen LogP contribution in [0.2, 0.25) is 15.1 Å². The van der Waals surface area contributed by atoms with Gasteiger partial charge in [-0.05, 0) is 67.8 Å². The van der Waals surface area contributed by atoms with Crippen LogP contribution in [0.4, 0.5) is 11.4 Å². The Hall–Kier alpha value is -4.80. The summed E-state index contributed by atoms with van der Waals surface area (Å²) in [7, 11) is 1.35. The van der Waals surface area contributed by atoms with E-state index >= 15 is 0 Å². The van der Waals surface area contributed by atoms with Crippen LogP contribution in [0.25, 0.3) is 33.4 Å². The number of methoxy groups -OCH3 is 1. The third-order valence-corrected chi connectivity index (χ3v) is 12.1. The number of fused-ring (bicyclic) bond motifs is 1. The van der Waals surface area contributed by atoms with Gasteiger partial charge >= 0.3 is 5.97 Å². The molecule has 2 aromatic heterocycles. The molecule has 0 radical (unpaired) electrons.